The first-order valence-electron chi connectivity index (χ1n) is 10.9. The second-order valence-electron chi connectivity index (χ2n) is 7.69. The van der Waals surface area contributed by atoms with Gasteiger partial charge in [0.15, 0.2) is 17.7 Å². The average Bonchev–Trinajstić information content (AvgIpc) is 2.82. The molecule has 0 saturated carbocycles. The van der Waals surface area contributed by atoms with Crippen molar-refractivity contribution >= 4 is 23.6 Å². The van der Waals surface area contributed by atoms with E-state index >= 15 is 0 Å². The maximum Gasteiger partial charge on any atom is 0.332 e. The molecule has 0 aliphatic rings. The molecule has 0 heterocycles. The zero-order chi connectivity index (χ0) is 24.2. The Labute approximate surface area is 195 Å². The van der Waals surface area contributed by atoms with E-state index in [9.17, 15) is 14.4 Å². The van der Waals surface area contributed by atoms with Crippen LogP contribution in [0.3, 0.4) is 0 Å². The lowest BCUT2D eigenvalue weighted by atomic mass is 9.98. The summed E-state index contributed by atoms with van der Waals surface area (Å²) in [5, 5.41) is 8.81. The van der Waals surface area contributed by atoms with E-state index in [1.165, 1.54) is 6.92 Å². The van der Waals surface area contributed by atoms with Crippen LogP contribution < -0.4 is 0 Å². The molecule has 0 aliphatic carbocycles. The number of Topliss-reactive ketones (excluding diaryl/α,β-unsaturated/α-hetero) is 2. The van der Waals surface area contributed by atoms with Gasteiger partial charge in [-0.05, 0) is 39.2 Å². The van der Waals surface area contributed by atoms with Gasteiger partial charge in [-0.1, -0.05) is 84.5 Å². The van der Waals surface area contributed by atoms with Gasteiger partial charge in [-0.15, -0.1) is 0 Å². The van der Waals surface area contributed by atoms with E-state index in [0.717, 1.165) is 16.7 Å². The van der Waals surface area contributed by atoms with Gasteiger partial charge in [0.2, 0.25) is 0 Å². The molecule has 0 spiro atoms. The Morgan fingerprint density at radius 1 is 1.00 bits per heavy atom. The third-order valence-electron chi connectivity index (χ3n) is 5.03. The van der Waals surface area contributed by atoms with Crippen LogP contribution in [-0.4, -0.2) is 35.4 Å². The summed E-state index contributed by atoms with van der Waals surface area (Å²) in [5.74, 6) is -1.34. The minimum Gasteiger partial charge on any atom is -0.479 e. The Morgan fingerprint density at radius 3 is 2.24 bits per heavy atom. The first kappa shape index (κ1) is 25.7. The molecule has 2 aromatic carbocycles. The highest BCUT2D eigenvalue weighted by atomic mass is 16.5. The summed E-state index contributed by atoms with van der Waals surface area (Å²) < 4.78 is 5.04. The molecule has 0 saturated heterocycles. The van der Waals surface area contributed by atoms with E-state index in [1.807, 2.05) is 80.6 Å². The van der Waals surface area contributed by atoms with Crippen LogP contribution in [0.25, 0.3) is 6.08 Å². The molecule has 0 bridgehead atoms. The molecule has 0 radical (unpaired) electrons. The fraction of sp³-hybridized carbons (Fsp3) is 0.250. The molecule has 0 fully saturated rings. The van der Waals surface area contributed by atoms with Crippen LogP contribution in [0.15, 0.2) is 78.4 Å². The van der Waals surface area contributed by atoms with Gasteiger partial charge in [-0.25, -0.2) is 4.79 Å². The maximum atomic E-state index is 12.9. The van der Waals surface area contributed by atoms with Gasteiger partial charge in [0.1, 0.15) is 6.61 Å². The highest BCUT2D eigenvalue weighted by Crippen LogP contribution is 2.16. The van der Waals surface area contributed by atoms with E-state index in [4.69, 9.17) is 9.84 Å². The van der Waals surface area contributed by atoms with Crippen molar-refractivity contribution in [3.63, 3.8) is 0 Å². The lowest BCUT2D eigenvalue weighted by Gasteiger charge is -2.07. The molecule has 1 N–H and O–H groups in total. The standard InChI is InChI=1S/C28H30O5/c1-4-5-9-24(27(30)25-15-11-20(2)12-16-25)10-7-6-8-22-13-17-23(18-14-22)26(29)19-33-21(3)28(31)32/h4-6,8-9,11-18,21H,7,10,19H2,1-3H3,(H,31,32)/b5-4-,8-6+,24-9+/t21-/m1/s1. The van der Waals surface area contributed by atoms with Crippen molar-refractivity contribution in [2.45, 2.75) is 39.7 Å². The Balaban J connectivity index is 1.94. The molecule has 0 aliphatic heterocycles. The number of aliphatic carboxylic acids is 1. The SMILES string of the molecule is C/C=C\C=C(/CC/C=C/c1ccc(C(=O)CO[C@H](C)C(=O)O)cc1)C(=O)c1ccc(C)cc1. The first-order chi connectivity index (χ1) is 15.8. The molecule has 5 heteroatoms. The van der Waals surface area contributed by atoms with Crippen LogP contribution in [0.2, 0.25) is 0 Å². The molecule has 2 rings (SSSR count). The van der Waals surface area contributed by atoms with Gasteiger partial charge < -0.3 is 9.84 Å². The van der Waals surface area contributed by atoms with Crippen molar-refractivity contribution < 1.29 is 24.2 Å². The van der Waals surface area contributed by atoms with Crippen molar-refractivity contribution in [1.82, 2.24) is 0 Å². The van der Waals surface area contributed by atoms with Crippen LogP contribution in [0.4, 0.5) is 0 Å². The van der Waals surface area contributed by atoms with Gasteiger partial charge in [-0.2, -0.15) is 0 Å². The quantitative estimate of drug-likeness (QED) is 0.251. The minimum absolute atomic E-state index is 0.0313. The average molecular weight is 447 g/mol. The zero-order valence-electron chi connectivity index (χ0n) is 19.3. The summed E-state index contributed by atoms with van der Waals surface area (Å²) in [6.07, 6.45) is 9.87. The number of benzene rings is 2. The van der Waals surface area contributed by atoms with Gasteiger partial charge in [-0.3, -0.25) is 9.59 Å². The van der Waals surface area contributed by atoms with Crippen LogP contribution in [0.5, 0.6) is 0 Å². The largest absolute Gasteiger partial charge is 0.479 e. The summed E-state index contributed by atoms with van der Waals surface area (Å²) in [5.41, 5.74) is 3.93. The van der Waals surface area contributed by atoms with E-state index in [1.54, 1.807) is 12.1 Å². The van der Waals surface area contributed by atoms with Gasteiger partial charge in [0, 0.05) is 16.7 Å². The molecule has 33 heavy (non-hydrogen) atoms. The number of hydrogen-bond acceptors (Lipinski definition) is 4. The number of carboxylic acids is 1. The van der Waals surface area contributed by atoms with E-state index in [0.29, 0.717) is 24.0 Å². The molecule has 1 atom stereocenters. The Morgan fingerprint density at radius 2 is 1.64 bits per heavy atom. The van der Waals surface area contributed by atoms with Gasteiger partial charge >= 0.3 is 5.97 Å². The number of carbonyl (C=O) groups excluding carboxylic acids is 2. The number of ketones is 2. The molecule has 5 nitrogen and oxygen atoms in total. The van der Waals surface area contributed by atoms with E-state index in [-0.39, 0.29) is 18.2 Å². The van der Waals surface area contributed by atoms with Crippen LogP contribution in [0, 0.1) is 6.92 Å². The molecule has 2 aromatic rings. The van der Waals surface area contributed by atoms with Crippen molar-refractivity contribution in [2.24, 2.45) is 0 Å². The number of hydrogen-bond donors (Lipinski definition) is 1. The highest BCUT2D eigenvalue weighted by Gasteiger charge is 2.14. The van der Waals surface area contributed by atoms with Crippen LogP contribution in [0.1, 0.15) is 58.5 Å². The van der Waals surface area contributed by atoms with Crippen molar-refractivity contribution in [2.75, 3.05) is 6.61 Å². The normalized spacial score (nSPS) is 12.9. The number of carbonyl (C=O) groups is 3. The van der Waals surface area contributed by atoms with E-state index in [2.05, 4.69) is 0 Å². The Bertz CT molecular complexity index is 1040. The summed E-state index contributed by atoms with van der Waals surface area (Å²) in [6, 6.07) is 14.6. The predicted octanol–water partition coefficient (Wildman–Crippen LogP) is 5.85. The predicted molar refractivity (Wildman–Crippen MR) is 130 cm³/mol. The van der Waals surface area contributed by atoms with Crippen molar-refractivity contribution in [3.05, 3.63) is 101 Å². The molecule has 172 valence electrons. The van der Waals surface area contributed by atoms with Gasteiger partial charge in [0.05, 0.1) is 0 Å². The number of allylic oxidation sites excluding steroid dienone is 5. The topological polar surface area (TPSA) is 80.7 Å². The maximum absolute atomic E-state index is 12.9. The molecule has 0 unspecified atom stereocenters. The molecular weight excluding hydrogens is 416 g/mol. The third kappa shape index (κ3) is 8.47. The Hall–Kier alpha value is -3.57. The summed E-state index contributed by atoms with van der Waals surface area (Å²) in [4.78, 5) is 35.7. The van der Waals surface area contributed by atoms with Crippen molar-refractivity contribution in [3.8, 4) is 0 Å². The van der Waals surface area contributed by atoms with Crippen molar-refractivity contribution in [1.29, 1.82) is 0 Å². The third-order valence-corrected chi connectivity index (χ3v) is 5.03. The minimum atomic E-state index is -1.10. The summed E-state index contributed by atoms with van der Waals surface area (Å²) in [6.45, 7) is 5.01. The summed E-state index contributed by atoms with van der Waals surface area (Å²) in [7, 11) is 0. The number of ether oxygens (including phenoxy) is 1. The molecule has 0 aromatic heterocycles. The Kier molecular flexibility index (Phi) is 10.2. The number of aryl methyl sites for hydroxylation is 1. The molecule has 0 amide bonds. The first-order valence-corrected chi connectivity index (χ1v) is 10.9. The second-order valence-corrected chi connectivity index (χ2v) is 7.69. The van der Waals surface area contributed by atoms with Crippen LogP contribution >= 0.6 is 0 Å². The van der Waals surface area contributed by atoms with Crippen LogP contribution in [-0.2, 0) is 9.53 Å². The number of carboxylic acid groups (broad SMARTS) is 1. The monoisotopic (exact) mass is 446 g/mol. The number of rotatable bonds is 12. The fourth-order valence-corrected chi connectivity index (χ4v) is 2.97. The molecular formula is C28H30O5. The fourth-order valence-electron chi connectivity index (χ4n) is 2.97. The van der Waals surface area contributed by atoms with Gasteiger partial charge in [0.25, 0.3) is 0 Å². The smallest absolute Gasteiger partial charge is 0.332 e. The second kappa shape index (κ2) is 13.1. The zero-order valence-corrected chi connectivity index (χ0v) is 19.3. The van der Waals surface area contributed by atoms with E-state index < -0.39 is 12.1 Å². The summed E-state index contributed by atoms with van der Waals surface area (Å²) >= 11 is 0. The lowest BCUT2D eigenvalue weighted by Crippen LogP contribution is -2.23. The highest BCUT2D eigenvalue weighted by molar-refractivity contribution is 6.08. The lowest BCUT2D eigenvalue weighted by molar-refractivity contribution is -0.148.